The van der Waals surface area contributed by atoms with Gasteiger partial charge in [-0.1, -0.05) is 30.3 Å². The van der Waals surface area contributed by atoms with E-state index in [4.69, 9.17) is 9.31 Å². The molecular formula is C19H21BFNO2. The normalized spacial score (nSPS) is 19.5. The van der Waals surface area contributed by atoms with Crippen LogP contribution in [-0.4, -0.2) is 23.3 Å². The van der Waals surface area contributed by atoms with Gasteiger partial charge in [-0.05, 0) is 51.5 Å². The van der Waals surface area contributed by atoms with Crippen molar-refractivity contribution >= 4 is 13.2 Å². The fraction of sp³-hybridized carbons (Fsp3) is 0.316. The average molecular weight is 325 g/mol. The van der Waals surface area contributed by atoms with E-state index < -0.39 is 24.0 Å². The second-order valence-electron chi connectivity index (χ2n) is 6.95. The third-order valence-corrected chi connectivity index (χ3v) is 4.65. The van der Waals surface area contributed by atoms with Crippen LogP contribution in [0.25, 0.3) is 17.3 Å². The van der Waals surface area contributed by atoms with Crippen LogP contribution in [0.5, 0.6) is 0 Å². The first-order valence-electron chi connectivity index (χ1n) is 8.03. The predicted molar refractivity (Wildman–Crippen MR) is 94.8 cm³/mol. The number of pyridine rings is 1. The van der Waals surface area contributed by atoms with Gasteiger partial charge in [0.05, 0.1) is 16.9 Å². The lowest BCUT2D eigenvalue weighted by Crippen LogP contribution is -2.41. The summed E-state index contributed by atoms with van der Waals surface area (Å²) in [6.07, 6.45) is 3.20. The average Bonchev–Trinajstić information content (AvgIpc) is 2.77. The highest BCUT2D eigenvalue weighted by molar-refractivity contribution is 6.54. The van der Waals surface area contributed by atoms with Gasteiger partial charge in [0.25, 0.3) is 0 Å². The van der Waals surface area contributed by atoms with Crippen LogP contribution < -0.4 is 0 Å². The molecule has 0 bridgehead atoms. The van der Waals surface area contributed by atoms with Crippen LogP contribution >= 0.6 is 0 Å². The first-order chi connectivity index (χ1) is 11.3. The van der Waals surface area contributed by atoms with Gasteiger partial charge in [0.2, 0.25) is 0 Å². The molecule has 24 heavy (non-hydrogen) atoms. The van der Waals surface area contributed by atoms with Crippen molar-refractivity contribution in [2.24, 2.45) is 0 Å². The molecule has 0 radical (unpaired) electrons. The predicted octanol–water partition coefficient (Wildman–Crippen LogP) is 4.69. The van der Waals surface area contributed by atoms with Gasteiger partial charge in [0, 0.05) is 11.8 Å². The summed E-state index contributed by atoms with van der Waals surface area (Å²) in [5, 5.41) is 0. The van der Waals surface area contributed by atoms with Crippen molar-refractivity contribution in [1.29, 1.82) is 0 Å². The summed E-state index contributed by atoms with van der Waals surface area (Å²) in [5.74, 6) is 0. The fourth-order valence-electron chi connectivity index (χ4n) is 2.47. The maximum atomic E-state index is 14.5. The van der Waals surface area contributed by atoms with E-state index in [-0.39, 0.29) is 0 Å². The first-order valence-corrected chi connectivity index (χ1v) is 8.03. The number of aromatic nitrogens is 1. The summed E-state index contributed by atoms with van der Waals surface area (Å²) in [6, 6.07) is 13.3. The zero-order chi connectivity index (χ0) is 17.4. The molecule has 0 N–H and O–H groups in total. The lowest BCUT2D eigenvalue weighted by Gasteiger charge is -2.32. The summed E-state index contributed by atoms with van der Waals surface area (Å²) in [7, 11) is -0.967. The summed E-state index contributed by atoms with van der Waals surface area (Å²) in [6.45, 7) is 7.62. The quantitative estimate of drug-likeness (QED) is 0.767. The van der Waals surface area contributed by atoms with Gasteiger partial charge in [-0.15, -0.1) is 0 Å². The molecule has 3 rings (SSSR count). The van der Waals surface area contributed by atoms with E-state index in [9.17, 15) is 4.39 Å². The Labute approximate surface area is 142 Å². The van der Waals surface area contributed by atoms with Crippen molar-refractivity contribution in [2.45, 2.75) is 38.9 Å². The maximum absolute atomic E-state index is 14.5. The summed E-state index contributed by atoms with van der Waals surface area (Å²) in [5.41, 5.74) is 1.10. The standard InChI is InChI=1S/C19H21BFNO2/c1-18(2)19(3,4)24-20(23-18)17(21)13-14-8-10-15(11-9-14)16-7-5-6-12-22-16/h5-13H,1-4H3. The Hall–Kier alpha value is -1.98. The van der Waals surface area contributed by atoms with E-state index in [1.807, 2.05) is 70.2 Å². The Bertz CT molecular complexity index is 726. The Balaban J connectivity index is 1.77. The number of halogens is 1. The topological polar surface area (TPSA) is 31.4 Å². The Morgan fingerprint density at radius 2 is 1.62 bits per heavy atom. The van der Waals surface area contributed by atoms with E-state index in [1.165, 1.54) is 6.08 Å². The number of hydrogen-bond acceptors (Lipinski definition) is 3. The SMILES string of the molecule is CC1(C)OB(C(F)=Cc2ccc(-c3ccccn3)cc2)OC1(C)C. The van der Waals surface area contributed by atoms with Crippen LogP contribution in [0.2, 0.25) is 0 Å². The smallest absolute Gasteiger partial charge is 0.398 e. The third-order valence-electron chi connectivity index (χ3n) is 4.65. The first kappa shape index (κ1) is 16.9. The minimum Gasteiger partial charge on any atom is -0.398 e. The maximum Gasteiger partial charge on any atom is 0.525 e. The van der Waals surface area contributed by atoms with E-state index in [1.54, 1.807) is 6.20 Å². The Kier molecular flexibility index (Phi) is 4.32. The highest BCUT2D eigenvalue weighted by atomic mass is 19.1. The largest absolute Gasteiger partial charge is 0.525 e. The number of nitrogens with zero attached hydrogens (tertiary/aromatic N) is 1. The molecular weight excluding hydrogens is 304 g/mol. The van der Waals surface area contributed by atoms with Gasteiger partial charge in [-0.25, -0.2) is 4.39 Å². The molecule has 5 heteroatoms. The minimum absolute atomic E-state index is 0.431. The van der Waals surface area contributed by atoms with Gasteiger partial charge >= 0.3 is 7.12 Å². The molecule has 1 aliphatic rings. The van der Waals surface area contributed by atoms with Crippen LogP contribution in [0.1, 0.15) is 33.3 Å². The molecule has 1 saturated heterocycles. The highest BCUT2D eigenvalue weighted by Gasteiger charge is 2.53. The number of rotatable bonds is 3. The molecule has 1 aromatic heterocycles. The highest BCUT2D eigenvalue weighted by Crippen LogP contribution is 2.39. The number of hydrogen-bond donors (Lipinski definition) is 0. The van der Waals surface area contributed by atoms with Crippen molar-refractivity contribution in [3.63, 3.8) is 0 Å². The van der Waals surface area contributed by atoms with Crippen molar-refractivity contribution in [1.82, 2.24) is 4.98 Å². The van der Waals surface area contributed by atoms with Crippen LogP contribution in [0.4, 0.5) is 4.39 Å². The third kappa shape index (κ3) is 3.28. The van der Waals surface area contributed by atoms with Crippen LogP contribution in [0.3, 0.4) is 0 Å². The minimum atomic E-state index is -0.967. The van der Waals surface area contributed by atoms with E-state index in [0.29, 0.717) is 0 Å². The van der Waals surface area contributed by atoms with Crippen molar-refractivity contribution < 1.29 is 13.7 Å². The molecule has 124 valence electrons. The van der Waals surface area contributed by atoms with Crippen LogP contribution in [-0.2, 0) is 9.31 Å². The molecule has 0 amide bonds. The zero-order valence-electron chi connectivity index (χ0n) is 14.4. The molecule has 0 aliphatic carbocycles. The molecule has 2 heterocycles. The second kappa shape index (κ2) is 6.15. The van der Waals surface area contributed by atoms with Gasteiger partial charge in [-0.3, -0.25) is 4.98 Å². The monoisotopic (exact) mass is 325 g/mol. The second-order valence-corrected chi connectivity index (χ2v) is 6.95. The van der Waals surface area contributed by atoms with E-state index >= 15 is 0 Å². The Morgan fingerprint density at radius 3 is 2.17 bits per heavy atom. The fourth-order valence-corrected chi connectivity index (χ4v) is 2.47. The van der Waals surface area contributed by atoms with Crippen molar-refractivity contribution in [3.05, 3.63) is 60.0 Å². The lowest BCUT2D eigenvalue weighted by atomic mass is 9.86. The lowest BCUT2D eigenvalue weighted by molar-refractivity contribution is 0.00578. The van der Waals surface area contributed by atoms with Crippen LogP contribution in [0.15, 0.2) is 54.4 Å². The van der Waals surface area contributed by atoms with Crippen molar-refractivity contribution in [2.75, 3.05) is 0 Å². The van der Waals surface area contributed by atoms with Gasteiger partial charge in [0.1, 0.15) is 5.73 Å². The van der Waals surface area contributed by atoms with Gasteiger partial charge in [-0.2, -0.15) is 0 Å². The molecule has 0 saturated carbocycles. The summed E-state index contributed by atoms with van der Waals surface area (Å²) < 4.78 is 25.9. The molecule has 3 nitrogen and oxygen atoms in total. The molecule has 1 aliphatic heterocycles. The van der Waals surface area contributed by atoms with E-state index in [2.05, 4.69) is 4.98 Å². The van der Waals surface area contributed by atoms with E-state index in [0.717, 1.165) is 16.8 Å². The van der Waals surface area contributed by atoms with Crippen molar-refractivity contribution in [3.8, 4) is 11.3 Å². The summed E-state index contributed by atoms with van der Waals surface area (Å²) >= 11 is 0. The van der Waals surface area contributed by atoms with Gasteiger partial charge in [0.15, 0.2) is 0 Å². The number of benzene rings is 1. The molecule has 0 unspecified atom stereocenters. The molecule has 1 fully saturated rings. The molecule has 1 aromatic carbocycles. The zero-order valence-corrected chi connectivity index (χ0v) is 14.4. The van der Waals surface area contributed by atoms with Gasteiger partial charge < -0.3 is 9.31 Å². The molecule has 0 spiro atoms. The Morgan fingerprint density at radius 1 is 1.00 bits per heavy atom. The molecule has 0 atom stereocenters. The molecule has 2 aromatic rings. The van der Waals surface area contributed by atoms with Crippen LogP contribution in [0, 0.1) is 0 Å². The summed E-state index contributed by atoms with van der Waals surface area (Å²) in [4.78, 5) is 4.31.